The van der Waals surface area contributed by atoms with Crippen molar-refractivity contribution in [3.8, 4) is 11.8 Å². The van der Waals surface area contributed by atoms with E-state index in [1.807, 2.05) is 32.3 Å². The van der Waals surface area contributed by atoms with Crippen molar-refractivity contribution in [3.63, 3.8) is 0 Å². The molecule has 2 aliphatic heterocycles. The molecule has 0 aliphatic carbocycles. The van der Waals surface area contributed by atoms with Gasteiger partial charge < -0.3 is 38.6 Å². The van der Waals surface area contributed by atoms with Gasteiger partial charge in [-0.2, -0.15) is 9.97 Å². The second kappa shape index (κ2) is 20.1. The van der Waals surface area contributed by atoms with E-state index in [1.54, 1.807) is 4.90 Å². The number of carboxylic acid groups (broad SMARTS) is 1. The monoisotopic (exact) mass is 921 g/mol. The topological polar surface area (TPSA) is 104 Å². The highest BCUT2D eigenvalue weighted by atomic mass is 28.4. The zero-order valence-corrected chi connectivity index (χ0v) is 41.6. The van der Waals surface area contributed by atoms with Gasteiger partial charge in [0.05, 0.1) is 24.3 Å². The molecule has 3 heterocycles. The van der Waals surface area contributed by atoms with Crippen molar-refractivity contribution in [3.05, 3.63) is 144 Å². The van der Waals surface area contributed by atoms with Crippen molar-refractivity contribution in [1.82, 2.24) is 19.8 Å². The number of piperazine rings is 1. The van der Waals surface area contributed by atoms with Crippen LogP contribution >= 0.6 is 0 Å². The summed E-state index contributed by atoms with van der Waals surface area (Å²) < 4.78 is 20.4. The van der Waals surface area contributed by atoms with Crippen molar-refractivity contribution in [2.24, 2.45) is 5.41 Å². The summed E-state index contributed by atoms with van der Waals surface area (Å²) in [5.74, 6) is 1.64. The first kappa shape index (κ1) is 47.5. The van der Waals surface area contributed by atoms with Gasteiger partial charge in [-0.25, -0.2) is 4.79 Å². The molecule has 0 spiro atoms. The van der Waals surface area contributed by atoms with Crippen molar-refractivity contribution in [1.29, 1.82) is 0 Å². The van der Waals surface area contributed by atoms with Crippen molar-refractivity contribution in [2.45, 2.75) is 84.7 Å². The number of amides is 1. The Morgan fingerprint density at radius 2 is 1.42 bits per heavy atom. The second-order valence-electron chi connectivity index (χ2n) is 20.4. The summed E-state index contributed by atoms with van der Waals surface area (Å²) in [6.45, 7) is 17.4. The number of fused-ring (bicyclic) bond motifs is 2. The van der Waals surface area contributed by atoms with Crippen LogP contribution in [0, 0.1) is 5.41 Å². The van der Waals surface area contributed by atoms with E-state index in [2.05, 4.69) is 165 Å². The third-order valence-electron chi connectivity index (χ3n) is 13.4. The van der Waals surface area contributed by atoms with Crippen LogP contribution in [0.25, 0.3) is 10.8 Å². The fraction of sp³-hybridized carbons (Fsp3) is 0.400. The standard InChI is InChI=1S/C55H68N6O5Si/c1-54(2,3)50-48(29-34-66-67(55(4,5)6,43-23-14-10-15-24-43)44-25-16-11-17-26-44)60(31-32-61(50)53(62)63)51-46-28-30-59(38-47(46)56-52(57-51)64-35-33-58(7)8)49-37-42(36-41-22-18-19-27-45(41)49)65-39-40-20-12-9-13-21-40/h9-27,36-37,48,50H,28-35,38-39H2,1-8H3,(H,62,63). The van der Waals surface area contributed by atoms with E-state index in [4.69, 9.17) is 23.9 Å². The van der Waals surface area contributed by atoms with Crippen LogP contribution in [0.3, 0.4) is 0 Å². The molecule has 2 aliphatic rings. The normalized spacial score (nSPS) is 16.9. The zero-order chi connectivity index (χ0) is 47.3. The van der Waals surface area contributed by atoms with Crippen LogP contribution in [0.4, 0.5) is 16.3 Å². The predicted molar refractivity (Wildman–Crippen MR) is 273 cm³/mol. The van der Waals surface area contributed by atoms with Crippen molar-refractivity contribution >= 4 is 47.1 Å². The van der Waals surface area contributed by atoms with Crippen LogP contribution in [-0.2, 0) is 24.0 Å². The molecule has 352 valence electrons. The van der Waals surface area contributed by atoms with Crippen molar-refractivity contribution < 1.29 is 23.8 Å². The van der Waals surface area contributed by atoms with Gasteiger partial charge in [-0.1, -0.05) is 157 Å². The number of aromatic nitrogens is 2. The number of ether oxygens (including phenoxy) is 2. The number of hydrogen-bond acceptors (Lipinski definition) is 9. The average molecular weight is 921 g/mol. The highest BCUT2D eigenvalue weighted by molar-refractivity contribution is 6.99. The predicted octanol–water partition coefficient (Wildman–Crippen LogP) is 9.26. The Morgan fingerprint density at radius 1 is 0.776 bits per heavy atom. The maximum atomic E-state index is 13.2. The molecule has 0 bridgehead atoms. The molecule has 1 fully saturated rings. The lowest BCUT2D eigenvalue weighted by Crippen LogP contribution is -2.68. The van der Waals surface area contributed by atoms with E-state index < -0.39 is 19.8 Å². The van der Waals surface area contributed by atoms with E-state index in [-0.39, 0.29) is 17.1 Å². The number of benzene rings is 5. The summed E-state index contributed by atoms with van der Waals surface area (Å²) in [7, 11) is 1.15. The molecule has 1 amide bonds. The molecule has 67 heavy (non-hydrogen) atoms. The van der Waals surface area contributed by atoms with Crippen LogP contribution in [0.1, 0.15) is 64.8 Å². The molecule has 6 aromatic rings. The average Bonchev–Trinajstić information content (AvgIpc) is 3.31. The first-order valence-electron chi connectivity index (χ1n) is 23.8. The number of nitrogens with zero attached hydrogens (tertiary/aromatic N) is 6. The number of likely N-dealkylation sites (N-methyl/N-ethyl adjacent to an activating group) is 1. The quantitative estimate of drug-likeness (QED) is 0.100. The Kier molecular flexibility index (Phi) is 14.3. The first-order valence-corrected chi connectivity index (χ1v) is 25.7. The molecule has 0 radical (unpaired) electrons. The summed E-state index contributed by atoms with van der Waals surface area (Å²) in [5.41, 5.74) is 3.77. The van der Waals surface area contributed by atoms with Gasteiger partial charge in [-0.15, -0.1) is 0 Å². The van der Waals surface area contributed by atoms with Gasteiger partial charge in [-0.05, 0) is 64.8 Å². The van der Waals surface area contributed by atoms with Gasteiger partial charge in [0, 0.05) is 55.5 Å². The lowest BCUT2D eigenvalue weighted by atomic mass is 9.78. The Balaban J connectivity index is 1.19. The molecule has 11 nitrogen and oxygen atoms in total. The summed E-state index contributed by atoms with van der Waals surface area (Å²) in [5, 5.41) is 15.3. The lowest BCUT2D eigenvalue weighted by molar-refractivity contribution is 0.0465. The molecule has 1 saturated heterocycles. The van der Waals surface area contributed by atoms with Crippen LogP contribution in [0.2, 0.25) is 5.04 Å². The molecule has 2 atom stereocenters. The maximum absolute atomic E-state index is 13.2. The van der Waals surface area contributed by atoms with Crippen LogP contribution < -0.4 is 29.6 Å². The number of anilines is 2. The summed E-state index contributed by atoms with van der Waals surface area (Å²) >= 11 is 0. The van der Waals surface area contributed by atoms with Gasteiger partial charge in [-0.3, -0.25) is 0 Å². The molecular weight excluding hydrogens is 853 g/mol. The molecular formula is C55H68N6O5Si. The summed E-state index contributed by atoms with van der Waals surface area (Å²) in [4.78, 5) is 32.2. The minimum absolute atomic E-state index is 0.215. The molecule has 12 heteroatoms. The van der Waals surface area contributed by atoms with Gasteiger partial charge in [0.25, 0.3) is 8.32 Å². The largest absolute Gasteiger partial charge is 0.489 e. The fourth-order valence-corrected chi connectivity index (χ4v) is 15.0. The van der Waals surface area contributed by atoms with Crippen LogP contribution in [-0.4, -0.2) is 105 Å². The minimum atomic E-state index is -2.90. The lowest BCUT2D eigenvalue weighted by Gasteiger charge is -2.53. The Hall–Kier alpha value is -5.95. The maximum Gasteiger partial charge on any atom is 0.407 e. The Morgan fingerprint density at radius 3 is 2.04 bits per heavy atom. The Bertz CT molecular complexity index is 2560. The summed E-state index contributed by atoms with van der Waals surface area (Å²) in [6.07, 6.45) is 0.365. The third kappa shape index (κ3) is 10.3. The van der Waals surface area contributed by atoms with E-state index in [9.17, 15) is 9.90 Å². The van der Waals surface area contributed by atoms with Crippen LogP contribution in [0.15, 0.2) is 127 Å². The summed E-state index contributed by atoms with van der Waals surface area (Å²) in [6, 6.07) is 44.1. The van der Waals surface area contributed by atoms with E-state index >= 15 is 0 Å². The SMILES string of the molecule is CN(C)CCOc1nc2c(c(N3CCN(C(=O)O)C(C(C)(C)C)C3CCO[Si](c3ccccc3)(c3ccccc3)C(C)(C)C)n1)CCN(c1cc(OCc3ccccc3)cc3ccccc13)C2. The number of rotatable bonds is 15. The molecule has 5 aromatic carbocycles. The highest BCUT2D eigenvalue weighted by Gasteiger charge is 2.51. The fourth-order valence-electron chi connectivity index (χ4n) is 10.4. The van der Waals surface area contributed by atoms with Gasteiger partial charge in [0.2, 0.25) is 0 Å². The molecule has 8 rings (SSSR count). The molecule has 2 unspecified atom stereocenters. The zero-order valence-electron chi connectivity index (χ0n) is 40.6. The number of carbonyl (C=O) groups is 1. The smallest absolute Gasteiger partial charge is 0.407 e. The van der Waals surface area contributed by atoms with Gasteiger partial charge in [0.15, 0.2) is 0 Å². The first-order chi connectivity index (χ1) is 32.1. The van der Waals surface area contributed by atoms with E-state index in [0.717, 1.165) is 51.4 Å². The van der Waals surface area contributed by atoms with E-state index in [1.165, 1.54) is 10.4 Å². The van der Waals surface area contributed by atoms with Crippen molar-refractivity contribution in [2.75, 3.05) is 63.3 Å². The molecule has 1 N–H and O–H groups in total. The number of hydrogen-bond donors (Lipinski definition) is 1. The van der Waals surface area contributed by atoms with E-state index in [0.29, 0.717) is 64.9 Å². The third-order valence-corrected chi connectivity index (χ3v) is 18.5. The second-order valence-corrected chi connectivity index (χ2v) is 24.7. The van der Waals surface area contributed by atoms with Gasteiger partial charge in [0.1, 0.15) is 24.8 Å². The van der Waals surface area contributed by atoms with Gasteiger partial charge >= 0.3 is 12.1 Å². The van der Waals surface area contributed by atoms with Crippen LogP contribution in [0.5, 0.6) is 11.8 Å². The molecule has 0 saturated carbocycles. The molecule has 1 aromatic heterocycles. The Labute approximate surface area is 398 Å². The highest BCUT2D eigenvalue weighted by Crippen LogP contribution is 2.42. The minimum Gasteiger partial charge on any atom is -0.489 e.